The van der Waals surface area contributed by atoms with Crippen molar-refractivity contribution in [3.05, 3.63) is 71.1 Å². The molecule has 0 aliphatic heterocycles. The Morgan fingerprint density at radius 2 is 2.04 bits per heavy atom. The molecule has 3 rings (SSSR count). The lowest BCUT2D eigenvalue weighted by atomic mass is 10.1. The van der Waals surface area contributed by atoms with Gasteiger partial charge in [0, 0.05) is 12.7 Å². The van der Waals surface area contributed by atoms with Crippen LogP contribution in [0, 0.1) is 5.82 Å². The number of benzene rings is 2. The van der Waals surface area contributed by atoms with Crippen molar-refractivity contribution in [2.75, 3.05) is 13.7 Å². The summed E-state index contributed by atoms with van der Waals surface area (Å²) >= 11 is 1.66. The summed E-state index contributed by atoms with van der Waals surface area (Å²) in [6.07, 6.45) is 2.69. The second-order valence-electron chi connectivity index (χ2n) is 5.41. The third-order valence-corrected chi connectivity index (χ3v) is 4.71. The summed E-state index contributed by atoms with van der Waals surface area (Å²) in [5.74, 6) is 0.658. The number of methoxy groups -OCH3 is 1. The Hall–Kier alpha value is -2.24. The van der Waals surface area contributed by atoms with E-state index in [4.69, 9.17) is 4.74 Å². The second-order valence-corrected chi connectivity index (χ2v) is 6.52. The molecule has 0 aliphatic carbocycles. The Labute approximate surface area is 145 Å². The first kappa shape index (κ1) is 16.6. The summed E-state index contributed by atoms with van der Waals surface area (Å²) < 4.78 is 18.4. The molecule has 0 saturated carbocycles. The van der Waals surface area contributed by atoms with E-state index in [1.165, 1.54) is 6.07 Å². The highest BCUT2D eigenvalue weighted by Gasteiger charge is 2.05. The van der Waals surface area contributed by atoms with Gasteiger partial charge in [-0.05, 0) is 48.4 Å². The van der Waals surface area contributed by atoms with Gasteiger partial charge in [0.2, 0.25) is 0 Å². The molecule has 124 valence electrons. The maximum Gasteiger partial charge on any atom is 0.123 e. The van der Waals surface area contributed by atoms with Crippen molar-refractivity contribution < 1.29 is 9.13 Å². The molecule has 0 unspecified atom stereocenters. The van der Waals surface area contributed by atoms with Crippen molar-refractivity contribution in [1.82, 2.24) is 10.3 Å². The minimum absolute atomic E-state index is 0.185. The van der Waals surface area contributed by atoms with Crippen LogP contribution in [0.4, 0.5) is 4.39 Å². The number of nitrogens with zero attached hydrogens (tertiary/aromatic N) is 1. The second kappa shape index (κ2) is 8.04. The van der Waals surface area contributed by atoms with Crippen molar-refractivity contribution in [3.8, 4) is 16.2 Å². The average Bonchev–Trinajstić information content (AvgIpc) is 3.08. The molecule has 2 aromatic carbocycles. The van der Waals surface area contributed by atoms with Crippen molar-refractivity contribution in [2.24, 2.45) is 0 Å². The monoisotopic (exact) mass is 342 g/mol. The Morgan fingerprint density at radius 1 is 1.17 bits per heavy atom. The molecule has 0 saturated heterocycles. The highest BCUT2D eigenvalue weighted by molar-refractivity contribution is 7.15. The summed E-state index contributed by atoms with van der Waals surface area (Å²) in [6, 6.07) is 14.7. The molecule has 0 fully saturated rings. The van der Waals surface area contributed by atoms with Crippen molar-refractivity contribution in [2.45, 2.75) is 13.0 Å². The van der Waals surface area contributed by atoms with E-state index in [2.05, 4.69) is 16.4 Å². The van der Waals surface area contributed by atoms with Gasteiger partial charge < -0.3 is 10.1 Å². The van der Waals surface area contributed by atoms with Crippen LogP contribution in [0.5, 0.6) is 5.75 Å². The van der Waals surface area contributed by atoms with E-state index in [0.29, 0.717) is 6.54 Å². The molecule has 1 heterocycles. The molecule has 0 atom stereocenters. The molecule has 0 bridgehead atoms. The molecule has 0 aliphatic rings. The lowest BCUT2D eigenvalue weighted by Gasteiger charge is -2.03. The van der Waals surface area contributed by atoms with E-state index in [1.807, 2.05) is 30.5 Å². The fraction of sp³-hybridized carbons (Fsp3) is 0.211. The van der Waals surface area contributed by atoms with Gasteiger partial charge in [-0.25, -0.2) is 9.37 Å². The molecule has 0 amide bonds. The number of hydrogen-bond donors (Lipinski definition) is 1. The molecule has 5 heteroatoms. The average molecular weight is 342 g/mol. The van der Waals surface area contributed by atoms with Crippen LogP contribution in [0.2, 0.25) is 0 Å². The summed E-state index contributed by atoms with van der Waals surface area (Å²) in [5.41, 5.74) is 2.11. The zero-order valence-electron chi connectivity index (χ0n) is 13.5. The van der Waals surface area contributed by atoms with Crippen LogP contribution in [0.25, 0.3) is 10.4 Å². The maximum absolute atomic E-state index is 13.1. The Balaban J connectivity index is 1.52. The molecule has 3 nitrogen and oxygen atoms in total. The van der Waals surface area contributed by atoms with Gasteiger partial charge in [-0.15, -0.1) is 11.3 Å². The van der Waals surface area contributed by atoms with Gasteiger partial charge in [0.05, 0.1) is 12.0 Å². The summed E-state index contributed by atoms with van der Waals surface area (Å²) in [7, 11) is 1.67. The first-order valence-corrected chi connectivity index (χ1v) is 8.60. The summed E-state index contributed by atoms with van der Waals surface area (Å²) in [5, 5.41) is 4.39. The van der Waals surface area contributed by atoms with Crippen LogP contribution in [0.1, 0.15) is 10.6 Å². The molecular weight excluding hydrogens is 323 g/mol. The van der Waals surface area contributed by atoms with E-state index in [1.54, 1.807) is 30.6 Å². The Kier molecular flexibility index (Phi) is 5.56. The number of nitrogens with one attached hydrogen (secondary N) is 1. The first-order valence-electron chi connectivity index (χ1n) is 7.79. The maximum atomic E-state index is 13.1. The highest BCUT2D eigenvalue weighted by atomic mass is 32.1. The topological polar surface area (TPSA) is 34.1 Å². The lowest BCUT2D eigenvalue weighted by Crippen LogP contribution is -2.16. The highest BCUT2D eigenvalue weighted by Crippen LogP contribution is 2.28. The van der Waals surface area contributed by atoms with Gasteiger partial charge >= 0.3 is 0 Å². The van der Waals surface area contributed by atoms with E-state index >= 15 is 0 Å². The predicted molar refractivity (Wildman–Crippen MR) is 95.9 cm³/mol. The van der Waals surface area contributed by atoms with Gasteiger partial charge in [0.15, 0.2) is 0 Å². The third kappa shape index (κ3) is 4.40. The number of ether oxygens (including phenoxy) is 1. The van der Waals surface area contributed by atoms with Gasteiger partial charge in [0.25, 0.3) is 0 Å². The smallest absolute Gasteiger partial charge is 0.123 e. The van der Waals surface area contributed by atoms with E-state index < -0.39 is 0 Å². The minimum atomic E-state index is -0.185. The SMILES string of the molecule is COc1cccc(-c2cnc(CNCCc3cccc(F)c3)s2)c1. The minimum Gasteiger partial charge on any atom is -0.497 e. The standard InChI is InChI=1S/C19H19FN2OS/c1-23-17-7-3-5-15(11-17)18-12-22-19(24-18)13-21-9-8-14-4-2-6-16(20)10-14/h2-7,10-12,21H,8-9,13H2,1H3. The molecule has 3 aromatic rings. The summed E-state index contributed by atoms with van der Waals surface area (Å²) in [4.78, 5) is 5.58. The largest absolute Gasteiger partial charge is 0.497 e. The molecular formula is C19H19FN2OS. The number of thiazole rings is 1. The van der Waals surface area contributed by atoms with Crippen LogP contribution in [0.15, 0.2) is 54.7 Å². The van der Waals surface area contributed by atoms with Crippen LogP contribution in [0.3, 0.4) is 0 Å². The van der Waals surface area contributed by atoms with Crippen molar-refractivity contribution in [3.63, 3.8) is 0 Å². The lowest BCUT2D eigenvalue weighted by molar-refractivity contribution is 0.415. The number of rotatable bonds is 7. The van der Waals surface area contributed by atoms with Crippen LogP contribution in [-0.4, -0.2) is 18.6 Å². The van der Waals surface area contributed by atoms with Gasteiger partial charge in [-0.2, -0.15) is 0 Å². The van der Waals surface area contributed by atoms with Crippen LogP contribution < -0.4 is 10.1 Å². The normalized spacial score (nSPS) is 10.8. The molecule has 1 N–H and O–H groups in total. The van der Waals surface area contributed by atoms with E-state index in [0.717, 1.165) is 39.7 Å². The van der Waals surface area contributed by atoms with E-state index in [-0.39, 0.29) is 5.82 Å². The van der Waals surface area contributed by atoms with Gasteiger partial charge in [0.1, 0.15) is 16.6 Å². The van der Waals surface area contributed by atoms with E-state index in [9.17, 15) is 4.39 Å². The molecule has 0 radical (unpaired) electrons. The van der Waals surface area contributed by atoms with Crippen LogP contribution in [-0.2, 0) is 13.0 Å². The Bertz CT molecular complexity index is 803. The fourth-order valence-electron chi connectivity index (χ4n) is 2.42. The number of aromatic nitrogens is 1. The quantitative estimate of drug-likeness (QED) is 0.651. The summed E-state index contributed by atoms with van der Waals surface area (Å²) in [6.45, 7) is 1.50. The fourth-order valence-corrected chi connectivity index (χ4v) is 3.31. The zero-order valence-corrected chi connectivity index (χ0v) is 14.3. The molecule has 24 heavy (non-hydrogen) atoms. The Morgan fingerprint density at radius 3 is 2.88 bits per heavy atom. The third-order valence-electron chi connectivity index (χ3n) is 3.66. The molecule has 1 aromatic heterocycles. The molecule has 0 spiro atoms. The van der Waals surface area contributed by atoms with Crippen LogP contribution >= 0.6 is 11.3 Å². The predicted octanol–water partition coefficient (Wildman–Crippen LogP) is 4.29. The van der Waals surface area contributed by atoms with Crippen molar-refractivity contribution in [1.29, 1.82) is 0 Å². The van der Waals surface area contributed by atoms with Gasteiger partial charge in [-0.3, -0.25) is 0 Å². The zero-order chi connectivity index (χ0) is 16.8. The number of halogens is 1. The van der Waals surface area contributed by atoms with Crippen molar-refractivity contribution >= 4 is 11.3 Å². The number of hydrogen-bond acceptors (Lipinski definition) is 4. The van der Waals surface area contributed by atoms with Gasteiger partial charge in [-0.1, -0.05) is 24.3 Å². The first-order chi connectivity index (χ1) is 11.7.